The van der Waals surface area contributed by atoms with E-state index >= 15 is 0 Å². The molecule has 0 radical (unpaired) electrons. The fourth-order valence-corrected chi connectivity index (χ4v) is 4.19. The molecule has 2 aromatic carbocycles. The van der Waals surface area contributed by atoms with Crippen LogP contribution in [0.25, 0.3) is 5.69 Å². The summed E-state index contributed by atoms with van der Waals surface area (Å²) in [6, 6.07) is 15.7. The van der Waals surface area contributed by atoms with Crippen LogP contribution < -0.4 is 16.0 Å². The number of rotatable bonds is 6. The summed E-state index contributed by atoms with van der Waals surface area (Å²) in [5.41, 5.74) is 7.47. The average molecular weight is 467 g/mol. The number of nitrogens with two attached hydrogens (primary N) is 1. The Bertz CT molecular complexity index is 1280. The van der Waals surface area contributed by atoms with Gasteiger partial charge in [0.25, 0.3) is 5.91 Å². The van der Waals surface area contributed by atoms with E-state index in [2.05, 4.69) is 15.3 Å². The van der Waals surface area contributed by atoms with Gasteiger partial charge in [-0.25, -0.2) is 9.97 Å². The zero-order valence-electron chi connectivity index (χ0n) is 17.2. The van der Waals surface area contributed by atoms with Crippen molar-refractivity contribution in [1.29, 1.82) is 0 Å². The largest absolute Gasteiger partial charge is 0.369 e. The molecule has 0 spiro atoms. The molecule has 2 aromatic heterocycles. The van der Waals surface area contributed by atoms with Gasteiger partial charge in [0.1, 0.15) is 10.6 Å². The number of hydrogen-bond acceptors (Lipinski definition) is 7. The number of thiazole rings is 1. The van der Waals surface area contributed by atoms with Gasteiger partial charge in [0.05, 0.1) is 6.20 Å². The van der Waals surface area contributed by atoms with Gasteiger partial charge >= 0.3 is 0 Å². The molecule has 10 heteroatoms. The molecule has 162 valence electrons. The van der Waals surface area contributed by atoms with Gasteiger partial charge in [0.2, 0.25) is 11.7 Å². The van der Waals surface area contributed by atoms with Gasteiger partial charge < -0.3 is 10.6 Å². The number of amides is 1. The van der Waals surface area contributed by atoms with Crippen molar-refractivity contribution in [2.24, 2.45) is 0 Å². The smallest absolute Gasteiger partial charge is 0.257 e. The summed E-state index contributed by atoms with van der Waals surface area (Å²) in [5, 5.41) is 3.65. The summed E-state index contributed by atoms with van der Waals surface area (Å²) in [6.07, 6.45) is 1.42. The van der Waals surface area contributed by atoms with Gasteiger partial charge in [-0.3, -0.25) is 19.5 Å². The molecule has 0 fully saturated rings. The SMILES string of the molecule is CN(C)c1nc(NC(=O)c2ccccc2)sc1C(=O)c1cnc(N)n1-c1ccc(Cl)cc1. The number of benzene rings is 2. The summed E-state index contributed by atoms with van der Waals surface area (Å²) in [7, 11) is 3.55. The molecule has 0 saturated carbocycles. The maximum absolute atomic E-state index is 13.5. The van der Waals surface area contributed by atoms with E-state index in [4.69, 9.17) is 17.3 Å². The van der Waals surface area contributed by atoms with E-state index in [0.29, 0.717) is 32.1 Å². The summed E-state index contributed by atoms with van der Waals surface area (Å²) in [6.45, 7) is 0. The first-order chi connectivity index (χ1) is 15.3. The van der Waals surface area contributed by atoms with Crippen molar-refractivity contribution < 1.29 is 9.59 Å². The van der Waals surface area contributed by atoms with E-state index in [-0.39, 0.29) is 23.3 Å². The second-order valence-electron chi connectivity index (χ2n) is 7.03. The van der Waals surface area contributed by atoms with Crippen LogP contribution in [0.4, 0.5) is 16.9 Å². The highest BCUT2D eigenvalue weighted by molar-refractivity contribution is 7.18. The number of halogens is 1. The molecule has 4 aromatic rings. The third-order valence-electron chi connectivity index (χ3n) is 4.60. The molecule has 0 unspecified atom stereocenters. The number of nitrogens with one attached hydrogen (secondary N) is 1. The summed E-state index contributed by atoms with van der Waals surface area (Å²) >= 11 is 7.08. The number of nitrogens with zero attached hydrogens (tertiary/aromatic N) is 4. The molecule has 0 aliphatic carbocycles. The fraction of sp³-hybridized carbons (Fsp3) is 0.0909. The predicted octanol–water partition coefficient (Wildman–Crippen LogP) is 4.11. The van der Waals surface area contributed by atoms with Gasteiger partial charge in [-0.05, 0) is 36.4 Å². The minimum absolute atomic E-state index is 0.171. The molecule has 0 aliphatic rings. The highest BCUT2D eigenvalue weighted by atomic mass is 35.5. The third-order valence-corrected chi connectivity index (χ3v) is 5.81. The number of hydrogen-bond donors (Lipinski definition) is 2. The number of anilines is 3. The Balaban J connectivity index is 1.70. The van der Waals surface area contributed by atoms with Crippen molar-refractivity contribution in [3.8, 4) is 5.69 Å². The van der Waals surface area contributed by atoms with E-state index in [1.165, 1.54) is 6.20 Å². The topological polar surface area (TPSA) is 106 Å². The highest BCUT2D eigenvalue weighted by Gasteiger charge is 2.26. The second-order valence-corrected chi connectivity index (χ2v) is 8.46. The predicted molar refractivity (Wildman–Crippen MR) is 127 cm³/mol. The first-order valence-electron chi connectivity index (χ1n) is 9.53. The van der Waals surface area contributed by atoms with E-state index in [0.717, 1.165) is 11.3 Å². The Labute approximate surface area is 193 Å². The lowest BCUT2D eigenvalue weighted by molar-refractivity contribution is 0.102. The van der Waals surface area contributed by atoms with Crippen LogP contribution in [0.1, 0.15) is 25.7 Å². The standard InChI is InChI=1S/C22H19ClN6O2S/c1-28(2)19-18(32-22(26-19)27-20(31)13-6-4-3-5-7-13)17(30)16-12-25-21(24)29(16)15-10-8-14(23)9-11-15/h3-12H,1-2H3,(H2,24,25)(H,26,27,31). The number of aromatic nitrogens is 3. The first-order valence-corrected chi connectivity index (χ1v) is 10.7. The van der Waals surface area contributed by atoms with Crippen LogP contribution in [-0.2, 0) is 0 Å². The maximum atomic E-state index is 13.5. The minimum Gasteiger partial charge on any atom is -0.369 e. The minimum atomic E-state index is -0.314. The van der Waals surface area contributed by atoms with E-state index in [9.17, 15) is 9.59 Å². The van der Waals surface area contributed by atoms with Crippen molar-refractivity contribution in [2.45, 2.75) is 0 Å². The molecule has 2 heterocycles. The van der Waals surface area contributed by atoms with Gasteiger partial charge in [-0.15, -0.1) is 0 Å². The number of imidazole rings is 1. The van der Waals surface area contributed by atoms with Crippen molar-refractivity contribution >= 4 is 51.5 Å². The van der Waals surface area contributed by atoms with E-state index in [1.807, 2.05) is 6.07 Å². The lowest BCUT2D eigenvalue weighted by Gasteiger charge is -2.12. The Kier molecular flexibility index (Phi) is 5.93. The van der Waals surface area contributed by atoms with Gasteiger partial charge in [-0.2, -0.15) is 0 Å². The number of carbonyl (C=O) groups is 2. The van der Waals surface area contributed by atoms with Crippen LogP contribution in [0.2, 0.25) is 5.02 Å². The molecule has 0 saturated heterocycles. The number of carbonyl (C=O) groups excluding carboxylic acids is 2. The average Bonchev–Trinajstić information content (AvgIpc) is 3.38. The Hall–Kier alpha value is -3.69. The molecule has 0 aliphatic heterocycles. The quantitative estimate of drug-likeness (QED) is 0.414. The molecular formula is C22H19ClN6O2S. The lowest BCUT2D eigenvalue weighted by atomic mass is 10.2. The summed E-state index contributed by atoms with van der Waals surface area (Å²) in [5.74, 6) is -0.0142. The normalized spacial score (nSPS) is 10.7. The van der Waals surface area contributed by atoms with Crippen molar-refractivity contribution in [1.82, 2.24) is 14.5 Å². The molecule has 0 bridgehead atoms. The van der Waals surface area contributed by atoms with Crippen LogP contribution in [-0.4, -0.2) is 40.3 Å². The van der Waals surface area contributed by atoms with Crippen LogP contribution in [0.15, 0.2) is 60.8 Å². The summed E-state index contributed by atoms with van der Waals surface area (Å²) in [4.78, 5) is 36.7. The lowest BCUT2D eigenvalue weighted by Crippen LogP contribution is -2.16. The van der Waals surface area contributed by atoms with Gasteiger partial charge in [0, 0.05) is 30.4 Å². The maximum Gasteiger partial charge on any atom is 0.257 e. The number of nitrogen functional groups attached to an aromatic ring is 1. The number of ketones is 1. The van der Waals surface area contributed by atoms with Gasteiger partial charge in [0.15, 0.2) is 10.9 Å². The highest BCUT2D eigenvalue weighted by Crippen LogP contribution is 2.32. The monoisotopic (exact) mass is 466 g/mol. The van der Waals surface area contributed by atoms with Crippen molar-refractivity contribution in [2.75, 3.05) is 30.0 Å². The fourth-order valence-electron chi connectivity index (χ4n) is 3.08. The molecule has 0 atom stereocenters. The van der Waals surface area contributed by atoms with E-state index in [1.54, 1.807) is 72.1 Å². The van der Waals surface area contributed by atoms with Crippen LogP contribution in [0.3, 0.4) is 0 Å². The van der Waals surface area contributed by atoms with E-state index < -0.39 is 0 Å². The molecule has 8 nitrogen and oxygen atoms in total. The zero-order chi connectivity index (χ0) is 22.8. The van der Waals surface area contributed by atoms with Gasteiger partial charge in [-0.1, -0.05) is 41.1 Å². The third kappa shape index (κ3) is 4.20. The Morgan fingerprint density at radius 1 is 1.09 bits per heavy atom. The zero-order valence-corrected chi connectivity index (χ0v) is 18.8. The van der Waals surface area contributed by atoms with Crippen molar-refractivity contribution in [3.63, 3.8) is 0 Å². The first kappa shape index (κ1) is 21.5. The summed E-state index contributed by atoms with van der Waals surface area (Å²) < 4.78 is 1.56. The van der Waals surface area contributed by atoms with Crippen LogP contribution in [0.5, 0.6) is 0 Å². The molecule has 3 N–H and O–H groups in total. The molecular weight excluding hydrogens is 448 g/mol. The second kappa shape index (κ2) is 8.81. The molecule has 4 rings (SSSR count). The Morgan fingerprint density at radius 3 is 2.44 bits per heavy atom. The molecule has 32 heavy (non-hydrogen) atoms. The van der Waals surface area contributed by atoms with Crippen LogP contribution in [0, 0.1) is 0 Å². The van der Waals surface area contributed by atoms with Crippen LogP contribution >= 0.6 is 22.9 Å². The molecule has 1 amide bonds. The Morgan fingerprint density at radius 2 is 1.78 bits per heavy atom. The van der Waals surface area contributed by atoms with Crippen molar-refractivity contribution in [3.05, 3.63) is 82.0 Å².